The van der Waals surface area contributed by atoms with Crippen LogP contribution in [0, 0.1) is 0 Å². The lowest BCUT2D eigenvalue weighted by Gasteiger charge is -2.15. The van der Waals surface area contributed by atoms with Crippen molar-refractivity contribution in [2.45, 2.75) is 17.9 Å². The molecule has 1 aromatic carbocycles. The van der Waals surface area contributed by atoms with Crippen molar-refractivity contribution < 1.29 is 27.4 Å². The molecule has 11 heteroatoms. The first-order chi connectivity index (χ1) is 15.1. The van der Waals surface area contributed by atoms with Crippen LogP contribution in [0.2, 0.25) is 0 Å². The summed E-state index contributed by atoms with van der Waals surface area (Å²) in [6.07, 6.45) is 2.51. The van der Waals surface area contributed by atoms with Crippen LogP contribution in [0.4, 0.5) is 5.82 Å². The Morgan fingerprint density at radius 2 is 1.88 bits per heavy atom. The van der Waals surface area contributed by atoms with Crippen molar-refractivity contribution in [3.8, 4) is 17.4 Å². The number of sulfone groups is 1. The first kappa shape index (κ1) is 23.2. The molecule has 0 aliphatic carbocycles. The quantitative estimate of drug-likeness (QED) is 0.517. The number of aromatic nitrogens is 3. The third-order valence-electron chi connectivity index (χ3n) is 4.17. The average Bonchev–Trinajstić information content (AvgIpc) is 3.12. The van der Waals surface area contributed by atoms with E-state index in [1.54, 1.807) is 38.0 Å². The van der Waals surface area contributed by atoms with Crippen molar-refractivity contribution in [2.24, 2.45) is 7.05 Å². The highest BCUT2D eigenvalue weighted by atomic mass is 32.2. The standard InChI is InChI=1S/C21H24N4O6S/c1-14(13-29-3)30-20-12-16(31-15-5-7-17(8-6-15)32(4,27)28)11-18(22-20)21(26)23-19-9-10-25(2)24-19/h5-12,14H,13H2,1-4H3,(H,23,24,26). The largest absolute Gasteiger partial charge is 0.472 e. The fraction of sp³-hybridized carbons (Fsp3) is 0.286. The molecule has 0 saturated carbocycles. The van der Waals surface area contributed by atoms with E-state index in [1.807, 2.05) is 0 Å². The van der Waals surface area contributed by atoms with Gasteiger partial charge in [-0.2, -0.15) is 5.10 Å². The molecule has 0 spiro atoms. The van der Waals surface area contributed by atoms with E-state index in [4.69, 9.17) is 14.2 Å². The highest BCUT2D eigenvalue weighted by Crippen LogP contribution is 2.27. The van der Waals surface area contributed by atoms with E-state index in [2.05, 4.69) is 15.4 Å². The van der Waals surface area contributed by atoms with Crippen LogP contribution in [0.3, 0.4) is 0 Å². The molecule has 0 fully saturated rings. The minimum atomic E-state index is -3.32. The molecule has 1 amide bonds. The summed E-state index contributed by atoms with van der Waals surface area (Å²) in [5.74, 6) is 0.725. The molecule has 1 atom stereocenters. The Hall–Kier alpha value is -3.44. The number of aryl methyl sites for hydroxylation is 1. The summed E-state index contributed by atoms with van der Waals surface area (Å²) in [6, 6.07) is 10.6. The van der Waals surface area contributed by atoms with Crippen molar-refractivity contribution >= 4 is 21.6 Å². The number of carbonyl (C=O) groups is 1. The van der Waals surface area contributed by atoms with Crippen LogP contribution in [0.1, 0.15) is 17.4 Å². The number of methoxy groups -OCH3 is 1. The molecule has 2 aromatic heterocycles. The van der Waals surface area contributed by atoms with Gasteiger partial charge in [-0.3, -0.25) is 9.48 Å². The second-order valence-electron chi connectivity index (χ2n) is 7.08. The van der Waals surface area contributed by atoms with Gasteiger partial charge in [0.2, 0.25) is 5.88 Å². The summed E-state index contributed by atoms with van der Waals surface area (Å²) < 4.78 is 41.5. The zero-order valence-corrected chi connectivity index (χ0v) is 18.9. The Balaban J connectivity index is 1.87. The van der Waals surface area contributed by atoms with E-state index in [9.17, 15) is 13.2 Å². The number of carbonyl (C=O) groups excluding carboxylic acids is 1. The average molecular weight is 461 g/mol. The smallest absolute Gasteiger partial charge is 0.275 e. The minimum absolute atomic E-state index is 0.0560. The van der Waals surface area contributed by atoms with Crippen LogP contribution in [0.25, 0.3) is 0 Å². The van der Waals surface area contributed by atoms with Gasteiger partial charge >= 0.3 is 0 Å². The molecule has 1 unspecified atom stereocenters. The lowest BCUT2D eigenvalue weighted by atomic mass is 10.3. The predicted molar refractivity (Wildman–Crippen MR) is 117 cm³/mol. The number of hydrogen-bond donors (Lipinski definition) is 1. The van der Waals surface area contributed by atoms with Gasteiger partial charge in [0.1, 0.15) is 23.3 Å². The molecule has 0 aliphatic rings. The summed E-state index contributed by atoms with van der Waals surface area (Å²) in [5, 5.41) is 6.78. The van der Waals surface area contributed by atoms with E-state index in [0.717, 1.165) is 6.26 Å². The number of pyridine rings is 1. The number of nitrogens with zero attached hydrogens (tertiary/aromatic N) is 3. The fourth-order valence-corrected chi connectivity index (χ4v) is 3.38. The first-order valence-electron chi connectivity index (χ1n) is 9.60. The molecule has 170 valence electrons. The van der Waals surface area contributed by atoms with Gasteiger partial charge in [0, 0.05) is 44.8 Å². The second-order valence-corrected chi connectivity index (χ2v) is 9.10. The van der Waals surface area contributed by atoms with Gasteiger partial charge in [0.15, 0.2) is 15.7 Å². The van der Waals surface area contributed by atoms with Crippen molar-refractivity contribution in [1.82, 2.24) is 14.8 Å². The molecule has 2 heterocycles. The number of ether oxygens (including phenoxy) is 3. The topological polar surface area (TPSA) is 122 Å². The lowest BCUT2D eigenvalue weighted by Crippen LogP contribution is -2.20. The number of amides is 1. The Kier molecular flexibility index (Phi) is 7.11. The molecule has 3 aromatic rings. The second kappa shape index (κ2) is 9.79. The van der Waals surface area contributed by atoms with Crippen LogP contribution in [0.15, 0.2) is 53.6 Å². The molecule has 0 radical (unpaired) electrons. The molecular formula is C21H24N4O6S. The van der Waals surface area contributed by atoms with Gasteiger partial charge in [-0.1, -0.05) is 0 Å². The molecule has 32 heavy (non-hydrogen) atoms. The van der Waals surface area contributed by atoms with Gasteiger partial charge < -0.3 is 19.5 Å². The molecule has 0 bridgehead atoms. The zero-order chi connectivity index (χ0) is 23.3. The maximum Gasteiger partial charge on any atom is 0.275 e. The van der Waals surface area contributed by atoms with Crippen molar-refractivity contribution in [1.29, 1.82) is 0 Å². The Labute approximate surface area is 186 Å². The number of rotatable bonds is 9. The SMILES string of the molecule is COCC(C)Oc1cc(Oc2ccc(S(C)(=O)=O)cc2)cc(C(=O)Nc2ccn(C)n2)n1. The highest BCUT2D eigenvalue weighted by molar-refractivity contribution is 7.90. The fourth-order valence-electron chi connectivity index (χ4n) is 2.74. The number of nitrogens with one attached hydrogen (secondary N) is 1. The summed E-state index contributed by atoms with van der Waals surface area (Å²) in [6.45, 7) is 2.13. The van der Waals surface area contributed by atoms with E-state index >= 15 is 0 Å². The van der Waals surface area contributed by atoms with Crippen LogP contribution in [-0.4, -0.2) is 55.2 Å². The summed E-state index contributed by atoms with van der Waals surface area (Å²) in [4.78, 5) is 17.2. The third kappa shape index (κ3) is 6.28. The number of hydrogen-bond acceptors (Lipinski definition) is 8. The van der Waals surface area contributed by atoms with Crippen LogP contribution in [-0.2, 0) is 21.6 Å². The minimum Gasteiger partial charge on any atom is -0.472 e. The molecule has 0 aliphatic heterocycles. The van der Waals surface area contributed by atoms with Gasteiger partial charge in [0.05, 0.1) is 11.5 Å². The van der Waals surface area contributed by atoms with Crippen molar-refractivity contribution in [3.63, 3.8) is 0 Å². The maximum atomic E-state index is 12.7. The molecular weight excluding hydrogens is 436 g/mol. The van der Waals surface area contributed by atoms with Gasteiger partial charge in [-0.05, 0) is 31.2 Å². The van der Waals surface area contributed by atoms with Crippen LogP contribution in [0.5, 0.6) is 17.4 Å². The molecule has 0 saturated heterocycles. The summed E-state index contributed by atoms with van der Waals surface area (Å²) in [5.41, 5.74) is 0.0560. The Morgan fingerprint density at radius 1 is 1.16 bits per heavy atom. The molecule has 1 N–H and O–H groups in total. The monoisotopic (exact) mass is 460 g/mol. The summed E-state index contributed by atoms with van der Waals surface area (Å²) >= 11 is 0. The predicted octanol–water partition coefficient (Wildman–Crippen LogP) is 2.68. The van der Waals surface area contributed by atoms with Crippen molar-refractivity contribution in [3.05, 3.63) is 54.4 Å². The Bertz CT molecular complexity index is 1190. The lowest BCUT2D eigenvalue weighted by molar-refractivity contribution is 0.0880. The van der Waals surface area contributed by atoms with Gasteiger partial charge in [0.25, 0.3) is 5.91 Å². The highest BCUT2D eigenvalue weighted by Gasteiger charge is 2.16. The van der Waals surface area contributed by atoms with Crippen LogP contribution >= 0.6 is 0 Å². The van der Waals surface area contributed by atoms with Crippen LogP contribution < -0.4 is 14.8 Å². The summed E-state index contributed by atoms with van der Waals surface area (Å²) in [7, 11) is -0.0312. The van der Waals surface area contributed by atoms with E-state index in [-0.39, 0.29) is 28.3 Å². The van der Waals surface area contributed by atoms with Gasteiger partial charge in [-0.25, -0.2) is 13.4 Å². The molecule has 10 nitrogen and oxygen atoms in total. The third-order valence-corrected chi connectivity index (χ3v) is 5.30. The Morgan fingerprint density at radius 3 is 2.47 bits per heavy atom. The van der Waals surface area contributed by atoms with E-state index in [0.29, 0.717) is 18.2 Å². The number of anilines is 1. The van der Waals surface area contributed by atoms with E-state index in [1.165, 1.54) is 36.4 Å². The number of benzene rings is 1. The van der Waals surface area contributed by atoms with Gasteiger partial charge in [-0.15, -0.1) is 0 Å². The normalized spacial score (nSPS) is 12.2. The zero-order valence-electron chi connectivity index (χ0n) is 18.1. The van der Waals surface area contributed by atoms with Crippen molar-refractivity contribution in [2.75, 3.05) is 25.3 Å². The van der Waals surface area contributed by atoms with E-state index < -0.39 is 15.7 Å². The molecule has 3 rings (SSSR count). The first-order valence-corrected chi connectivity index (χ1v) is 11.5. The maximum absolute atomic E-state index is 12.7.